The summed E-state index contributed by atoms with van der Waals surface area (Å²) in [4.78, 5) is 18.3. The van der Waals surface area contributed by atoms with Crippen molar-refractivity contribution in [1.29, 1.82) is 0 Å². The summed E-state index contributed by atoms with van der Waals surface area (Å²) in [6, 6.07) is 7.56. The number of aromatic nitrogens is 3. The second kappa shape index (κ2) is 5.32. The zero-order valence-electron chi connectivity index (χ0n) is 12.9. The molecule has 2 heterocycles. The van der Waals surface area contributed by atoms with Crippen LogP contribution in [-0.4, -0.2) is 37.8 Å². The first-order chi connectivity index (χ1) is 10.4. The zero-order chi connectivity index (χ0) is 15.7. The van der Waals surface area contributed by atoms with Crippen LogP contribution in [0.4, 0.5) is 10.7 Å². The molecular formula is C15H19N5O2. The van der Waals surface area contributed by atoms with Gasteiger partial charge in [-0.05, 0) is 19.9 Å². The van der Waals surface area contributed by atoms with Crippen molar-refractivity contribution in [2.45, 2.75) is 26.0 Å². The van der Waals surface area contributed by atoms with Crippen molar-refractivity contribution >= 4 is 12.0 Å². The van der Waals surface area contributed by atoms with Crippen molar-refractivity contribution in [2.75, 3.05) is 11.9 Å². The van der Waals surface area contributed by atoms with Crippen LogP contribution < -0.4 is 10.1 Å². The van der Waals surface area contributed by atoms with Gasteiger partial charge >= 0.3 is 6.03 Å². The Morgan fingerprint density at radius 2 is 2.14 bits per heavy atom. The van der Waals surface area contributed by atoms with Crippen LogP contribution in [0.25, 0.3) is 0 Å². The summed E-state index contributed by atoms with van der Waals surface area (Å²) in [5.74, 6) is 1.24. The van der Waals surface area contributed by atoms with E-state index in [4.69, 9.17) is 4.74 Å². The molecule has 0 bridgehead atoms. The molecule has 2 amide bonds. The molecular weight excluding hydrogens is 282 g/mol. The molecule has 1 aliphatic rings. The van der Waals surface area contributed by atoms with Crippen molar-refractivity contribution in [2.24, 2.45) is 7.05 Å². The van der Waals surface area contributed by atoms with E-state index >= 15 is 0 Å². The summed E-state index contributed by atoms with van der Waals surface area (Å²) in [5.41, 5.74) is 0.519. The molecule has 1 aromatic carbocycles. The minimum atomic E-state index is -0.468. The van der Waals surface area contributed by atoms with Crippen molar-refractivity contribution in [1.82, 2.24) is 19.7 Å². The Labute approximate surface area is 128 Å². The van der Waals surface area contributed by atoms with Crippen LogP contribution >= 0.6 is 0 Å². The molecule has 22 heavy (non-hydrogen) atoms. The monoisotopic (exact) mass is 301 g/mol. The molecule has 0 saturated carbocycles. The Morgan fingerprint density at radius 3 is 2.86 bits per heavy atom. The maximum absolute atomic E-state index is 12.5. The van der Waals surface area contributed by atoms with Crippen LogP contribution in [0, 0.1) is 0 Å². The van der Waals surface area contributed by atoms with E-state index in [1.165, 1.54) is 11.0 Å². The summed E-state index contributed by atoms with van der Waals surface area (Å²) in [7, 11) is 1.73. The van der Waals surface area contributed by atoms with Crippen molar-refractivity contribution in [3.05, 3.63) is 36.2 Å². The van der Waals surface area contributed by atoms with Crippen molar-refractivity contribution in [3.8, 4) is 5.75 Å². The summed E-state index contributed by atoms with van der Waals surface area (Å²) in [6.45, 7) is 4.91. The van der Waals surface area contributed by atoms with Crippen LogP contribution in [0.15, 0.2) is 30.6 Å². The summed E-state index contributed by atoms with van der Waals surface area (Å²) < 4.78 is 7.55. The van der Waals surface area contributed by atoms with Crippen LogP contribution in [0.2, 0.25) is 0 Å². The fourth-order valence-corrected chi connectivity index (χ4v) is 2.51. The first kappa shape index (κ1) is 14.4. The highest BCUT2D eigenvalue weighted by Crippen LogP contribution is 2.29. The normalized spacial score (nSPS) is 16.4. The number of amides is 2. The standard InChI is InChI=1S/C15H19N5O2/c1-15(2)9-20(8-11-6-4-5-7-12(11)22-15)14(21)18-13-16-10-17-19(13)3/h4-7,10H,8-9H2,1-3H3,(H,16,17,18,21). The van der Waals surface area contributed by atoms with Gasteiger partial charge in [-0.25, -0.2) is 9.48 Å². The van der Waals surface area contributed by atoms with E-state index in [9.17, 15) is 4.79 Å². The van der Waals surface area contributed by atoms with Gasteiger partial charge in [0.25, 0.3) is 0 Å². The van der Waals surface area contributed by atoms with Crippen molar-refractivity contribution < 1.29 is 9.53 Å². The molecule has 7 nitrogen and oxygen atoms in total. The lowest BCUT2D eigenvalue weighted by atomic mass is 10.1. The lowest BCUT2D eigenvalue weighted by molar-refractivity contribution is 0.0834. The molecule has 0 fully saturated rings. The quantitative estimate of drug-likeness (QED) is 0.874. The summed E-state index contributed by atoms with van der Waals surface area (Å²) in [6.07, 6.45) is 1.40. The van der Waals surface area contributed by atoms with E-state index in [-0.39, 0.29) is 6.03 Å². The van der Waals surface area contributed by atoms with Gasteiger partial charge < -0.3 is 9.64 Å². The number of fused-ring (bicyclic) bond motifs is 1. The van der Waals surface area contributed by atoms with Gasteiger partial charge in [0.1, 0.15) is 17.7 Å². The molecule has 0 saturated heterocycles. The van der Waals surface area contributed by atoms with Crippen molar-refractivity contribution in [3.63, 3.8) is 0 Å². The molecule has 0 spiro atoms. The predicted octanol–water partition coefficient (Wildman–Crippen LogP) is 2.02. The Bertz CT molecular complexity index is 695. The van der Waals surface area contributed by atoms with Gasteiger partial charge in [0.15, 0.2) is 0 Å². The number of ether oxygens (including phenoxy) is 1. The highest BCUT2D eigenvalue weighted by molar-refractivity contribution is 5.87. The number of hydrogen-bond acceptors (Lipinski definition) is 4. The topological polar surface area (TPSA) is 72.3 Å². The van der Waals surface area contributed by atoms with Crippen LogP contribution in [0.1, 0.15) is 19.4 Å². The van der Waals surface area contributed by atoms with Gasteiger partial charge in [0.2, 0.25) is 5.95 Å². The number of aryl methyl sites for hydroxylation is 1. The van der Waals surface area contributed by atoms with Gasteiger partial charge in [0.05, 0.1) is 13.1 Å². The maximum atomic E-state index is 12.5. The fraction of sp³-hybridized carbons (Fsp3) is 0.400. The minimum Gasteiger partial charge on any atom is -0.486 e. The third-order valence-electron chi connectivity index (χ3n) is 3.51. The van der Waals surface area contributed by atoms with Crippen LogP contribution in [0.3, 0.4) is 0 Å². The second-order valence-corrected chi connectivity index (χ2v) is 5.96. The number of para-hydroxylation sites is 1. The summed E-state index contributed by atoms with van der Waals surface area (Å²) >= 11 is 0. The van der Waals surface area contributed by atoms with E-state index in [1.807, 2.05) is 38.1 Å². The SMILES string of the molecule is Cn1ncnc1NC(=O)N1Cc2ccccc2OC(C)(C)C1. The number of nitrogens with one attached hydrogen (secondary N) is 1. The van der Waals surface area contributed by atoms with E-state index in [2.05, 4.69) is 15.4 Å². The van der Waals surface area contributed by atoms with E-state index in [1.54, 1.807) is 11.9 Å². The molecule has 2 aromatic rings. The number of urea groups is 1. The number of anilines is 1. The number of rotatable bonds is 1. The van der Waals surface area contributed by atoms with E-state index in [0.29, 0.717) is 19.0 Å². The first-order valence-electron chi connectivity index (χ1n) is 7.11. The van der Waals surface area contributed by atoms with Gasteiger partial charge in [-0.1, -0.05) is 18.2 Å². The third-order valence-corrected chi connectivity index (χ3v) is 3.51. The average molecular weight is 301 g/mol. The molecule has 0 unspecified atom stereocenters. The fourth-order valence-electron chi connectivity index (χ4n) is 2.51. The number of carbonyl (C=O) groups is 1. The summed E-state index contributed by atoms with van der Waals surface area (Å²) in [5, 5.41) is 6.72. The molecule has 1 aliphatic heterocycles. The molecule has 0 radical (unpaired) electrons. The maximum Gasteiger partial charge on any atom is 0.324 e. The number of nitrogens with zero attached hydrogens (tertiary/aromatic N) is 4. The van der Waals surface area contributed by atoms with Gasteiger partial charge in [0, 0.05) is 12.6 Å². The minimum absolute atomic E-state index is 0.218. The van der Waals surface area contributed by atoms with Crippen LogP contribution in [-0.2, 0) is 13.6 Å². The first-order valence-corrected chi connectivity index (χ1v) is 7.11. The average Bonchev–Trinajstić information content (AvgIpc) is 2.78. The lowest BCUT2D eigenvalue weighted by Gasteiger charge is -2.29. The second-order valence-electron chi connectivity index (χ2n) is 5.96. The van der Waals surface area contributed by atoms with E-state index < -0.39 is 5.60 Å². The molecule has 3 rings (SSSR count). The third kappa shape index (κ3) is 2.88. The highest BCUT2D eigenvalue weighted by Gasteiger charge is 2.31. The molecule has 0 aliphatic carbocycles. The molecule has 1 N–H and O–H groups in total. The van der Waals surface area contributed by atoms with Crippen LogP contribution in [0.5, 0.6) is 5.75 Å². The Balaban J connectivity index is 1.84. The lowest BCUT2D eigenvalue weighted by Crippen LogP contribution is -2.45. The zero-order valence-corrected chi connectivity index (χ0v) is 12.9. The molecule has 7 heteroatoms. The molecule has 1 aromatic heterocycles. The Kier molecular flexibility index (Phi) is 3.48. The van der Waals surface area contributed by atoms with Gasteiger partial charge in [-0.15, -0.1) is 0 Å². The van der Waals surface area contributed by atoms with E-state index in [0.717, 1.165) is 11.3 Å². The smallest absolute Gasteiger partial charge is 0.324 e. The number of carbonyl (C=O) groups excluding carboxylic acids is 1. The van der Waals surface area contributed by atoms with Gasteiger partial charge in [-0.3, -0.25) is 5.32 Å². The number of benzene rings is 1. The Hall–Kier alpha value is -2.57. The predicted molar refractivity (Wildman–Crippen MR) is 81.6 cm³/mol. The van der Waals surface area contributed by atoms with Gasteiger partial charge in [-0.2, -0.15) is 10.1 Å². The largest absolute Gasteiger partial charge is 0.486 e. The molecule has 116 valence electrons. The number of hydrogen-bond donors (Lipinski definition) is 1. The Morgan fingerprint density at radius 1 is 1.36 bits per heavy atom. The molecule has 0 atom stereocenters. The highest BCUT2D eigenvalue weighted by atomic mass is 16.5.